The molecule has 2 heterocycles. The minimum Gasteiger partial charge on any atom is -0.364 e. The van der Waals surface area contributed by atoms with Crippen molar-refractivity contribution in [3.63, 3.8) is 0 Å². The van der Waals surface area contributed by atoms with Gasteiger partial charge >= 0.3 is 12.4 Å². The van der Waals surface area contributed by atoms with E-state index in [4.69, 9.17) is 0 Å². The highest BCUT2D eigenvalue weighted by molar-refractivity contribution is 5.80. The van der Waals surface area contributed by atoms with Gasteiger partial charge in [0.15, 0.2) is 0 Å². The summed E-state index contributed by atoms with van der Waals surface area (Å²) in [4.78, 5) is 13.8. The summed E-state index contributed by atoms with van der Waals surface area (Å²) in [5.41, 5.74) is -3.44. The molecular weight excluding hydrogens is 378 g/mol. The van der Waals surface area contributed by atoms with Gasteiger partial charge in [0.2, 0.25) is 5.91 Å². The molecule has 11 heteroatoms. The van der Waals surface area contributed by atoms with Crippen LogP contribution in [0.2, 0.25) is 0 Å². The van der Waals surface area contributed by atoms with Crippen molar-refractivity contribution in [3.8, 4) is 0 Å². The highest BCUT2D eigenvalue weighted by Crippen LogP contribution is 2.45. The molecular formula is C16H18F6N4O. The van der Waals surface area contributed by atoms with E-state index in [0.29, 0.717) is 32.2 Å². The monoisotopic (exact) mass is 396 g/mol. The van der Waals surface area contributed by atoms with Gasteiger partial charge in [-0.25, -0.2) is 0 Å². The normalized spacial score (nSPS) is 20.1. The van der Waals surface area contributed by atoms with Crippen LogP contribution >= 0.6 is 0 Å². The van der Waals surface area contributed by atoms with Crippen molar-refractivity contribution in [2.24, 2.45) is 0 Å². The Balaban J connectivity index is 1.72. The number of nitrogens with zero attached hydrogens (tertiary/aromatic N) is 1. The lowest BCUT2D eigenvalue weighted by molar-refractivity contribution is -0.142. The maximum atomic E-state index is 13.2. The van der Waals surface area contributed by atoms with Gasteiger partial charge < -0.3 is 20.9 Å². The molecule has 1 saturated heterocycles. The Bertz CT molecular complexity index is 712. The smallest absolute Gasteiger partial charge is 0.364 e. The molecule has 3 N–H and O–H groups in total. The highest BCUT2D eigenvalue weighted by Gasteiger charge is 2.41. The summed E-state index contributed by atoms with van der Waals surface area (Å²) in [5.74, 6) is -0.136. The number of nitrogens with one attached hydrogen (secondary N) is 3. The van der Waals surface area contributed by atoms with Gasteiger partial charge in [0, 0.05) is 32.6 Å². The Kier molecular flexibility index (Phi) is 5.15. The zero-order chi connectivity index (χ0) is 19.8. The van der Waals surface area contributed by atoms with Crippen LogP contribution in [-0.2, 0) is 17.1 Å². The topological polar surface area (TPSA) is 56.4 Å². The maximum Gasteiger partial charge on any atom is 0.418 e. The second-order valence-corrected chi connectivity index (χ2v) is 6.45. The van der Waals surface area contributed by atoms with Crippen molar-refractivity contribution in [1.82, 2.24) is 10.2 Å². The minimum atomic E-state index is -4.94. The van der Waals surface area contributed by atoms with Crippen LogP contribution in [-0.4, -0.2) is 43.2 Å². The first-order valence-electron chi connectivity index (χ1n) is 8.40. The number of benzene rings is 1. The standard InChI is InChI=1S/C16H18F6N4O/c17-15(18,19)9-7-10(16(20,21)22)14-11(8-9)24-12(25-14)1-2-13(27)26-5-3-23-4-6-26/h7-8,12,23-25H,1-6H2. The van der Waals surface area contributed by atoms with E-state index in [1.165, 1.54) is 0 Å². The SMILES string of the molecule is O=C(CCC1Nc2cc(C(F)(F)F)cc(C(F)(F)F)c2N1)N1CCNCC1. The third kappa shape index (κ3) is 4.40. The Morgan fingerprint density at radius 1 is 1.04 bits per heavy atom. The van der Waals surface area contributed by atoms with Gasteiger partial charge in [-0.2, -0.15) is 26.3 Å². The summed E-state index contributed by atoms with van der Waals surface area (Å²) in [6.45, 7) is 2.45. The fourth-order valence-corrected chi connectivity index (χ4v) is 3.18. The number of halogens is 6. The zero-order valence-electron chi connectivity index (χ0n) is 14.1. The molecule has 1 amide bonds. The Hall–Kier alpha value is -2.17. The average molecular weight is 396 g/mol. The summed E-state index contributed by atoms with van der Waals surface area (Å²) in [6.07, 6.45) is -10.4. The molecule has 1 fully saturated rings. The number of amides is 1. The fourth-order valence-electron chi connectivity index (χ4n) is 3.18. The molecule has 2 aliphatic heterocycles. The quantitative estimate of drug-likeness (QED) is 0.688. The summed E-state index contributed by atoms with van der Waals surface area (Å²) in [7, 11) is 0. The highest BCUT2D eigenvalue weighted by atomic mass is 19.4. The summed E-state index contributed by atoms with van der Waals surface area (Å²) in [5, 5.41) is 8.29. The van der Waals surface area contributed by atoms with E-state index in [2.05, 4.69) is 16.0 Å². The number of rotatable bonds is 3. The maximum absolute atomic E-state index is 13.2. The van der Waals surface area contributed by atoms with Crippen LogP contribution in [0.1, 0.15) is 24.0 Å². The molecule has 0 aromatic heterocycles. The number of carbonyl (C=O) groups is 1. The fraction of sp³-hybridized carbons (Fsp3) is 0.562. The average Bonchev–Trinajstić information content (AvgIpc) is 3.00. The zero-order valence-corrected chi connectivity index (χ0v) is 14.1. The number of anilines is 2. The van der Waals surface area contributed by atoms with Crippen molar-refractivity contribution in [3.05, 3.63) is 23.3 Å². The molecule has 0 radical (unpaired) electrons. The van der Waals surface area contributed by atoms with Crippen LogP contribution in [0.25, 0.3) is 0 Å². The molecule has 150 valence electrons. The molecule has 0 saturated carbocycles. The van der Waals surface area contributed by atoms with Gasteiger partial charge in [0.1, 0.15) is 0 Å². The van der Waals surface area contributed by atoms with Crippen LogP contribution in [0.5, 0.6) is 0 Å². The number of piperazine rings is 1. The molecule has 1 atom stereocenters. The van der Waals surface area contributed by atoms with E-state index < -0.39 is 35.3 Å². The summed E-state index contributed by atoms with van der Waals surface area (Å²) in [6, 6.07) is 0.747. The molecule has 1 unspecified atom stereocenters. The number of fused-ring (bicyclic) bond motifs is 1. The Labute approximate surface area is 151 Å². The molecule has 27 heavy (non-hydrogen) atoms. The summed E-state index contributed by atoms with van der Waals surface area (Å²) < 4.78 is 78.3. The van der Waals surface area contributed by atoms with Gasteiger partial charge in [0.05, 0.1) is 28.7 Å². The number of alkyl halides is 6. The Morgan fingerprint density at radius 2 is 1.70 bits per heavy atom. The first-order chi connectivity index (χ1) is 12.6. The predicted octanol–water partition coefficient (Wildman–Crippen LogP) is 3.10. The molecule has 1 aromatic rings. The van der Waals surface area contributed by atoms with Gasteiger partial charge in [0.25, 0.3) is 0 Å². The molecule has 3 rings (SSSR count). The van der Waals surface area contributed by atoms with Crippen molar-refractivity contribution in [2.45, 2.75) is 31.4 Å². The number of hydrogen-bond donors (Lipinski definition) is 3. The lowest BCUT2D eigenvalue weighted by atomic mass is 10.1. The minimum absolute atomic E-state index is 0.0755. The lowest BCUT2D eigenvalue weighted by Crippen LogP contribution is -2.46. The molecule has 2 aliphatic rings. The second-order valence-electron chi connectivity index (χ2n) is 6.45. The third-order valence-electron chi connectivity index (χ3n) is 4.54. The van der Waals surface area contributed by atoms with Crippen molar-refractivity contribution in [1.29, 1.82) is 0 Å². The molecule has 0 bridgehead atoms. The molecule has 0 aliphatic carbocycles. The van der Waals surface area contributed by atoms with Crippen LogP contribution in [0, 0.1) is 0 Å². The van der Waals surface area contributed by atoms with E-state index in [1.807, 2.05) is 0 Å². The lowest BCUT2D eigenvalue weighted by Gasteiger charge is -2.27. The van der Waals surface area contributed by atoms with E-state index in [1.54, 1.807) is 4.90 Å². The summed E-state index contributed by atoms with van der Waals surface area (Å²) >= 11 is 0. The molecule has 5 nitrogen and oxygen atoms in total. The largest absolute Gasteiger partial charge is 0.418 e. The van der Waals surface area contributed by atoms with Crippen molar-refractivity contribution in [2.75, 3.05) is 36.8 Å². The van der Waals surface area contributed by atoms with E-state index in [9.17, 15) is 31.1 Å². The van der Waals surface area contributed by atoms with Crippen LogP contribution in [0.3, 0.4) is 0 Å². The first kappa shape index (κ1) is 19.6. The van der Waals surface area contributed by atoms with Crippen LogP contribution in [0.15, 0.2) is 12.1 Å². The van der Waals surface area contributed by atoms with Gasteiger partial charge in [-0.3, -0.25) is 4.79 Å². The van der Waals surface area contributed by atoms with Gasteiger partial charge in [-0.1, -0.05) is 0 Å². The van der Waals surface area contributed by atoms with Crippen LogP contribution < -0.4 is 16.0 Å². The van der Waals surface area contributed by atoms with Gasteiger partial charge in [-0.15, -0.1) is 0 Å². The second kappa shape index (κ2) is 7.10. The number of carbonyl (C=O) groups excluding carboxylic acids is 1. The van der Waals surface area contributed by atoms with Crippen molar-refractivity contribution < 1.29 is 31.1 Å². The predicted molar refractivity (Wildman–Crippen MR) is 86.2 cm³/mol. The van der Waals surface area contributed by atoms with E-state index >= 15 is 0 Å². The van der Waals surface area contributed by atoms with Gasteiger partial charge in [-0.05, 0) is 18.6 Å². The van der Waals surface area contributed by atoms with Crippen molar-refractivity contribution >= 4 is 17.3 Å². The number of hydrogen-bond acceptors (Lipinski definition) is 4. The van der Waals surface area contributed by atoms with E-state index in [-0.39, 0.29) is 30.5 Å². The molecule has 1 aromatic carbocycles. The van der Waals surface area contributed by atoms with Crippen LogP contribution in [0.4, 0.5) is 37.7 Å². The third-order valence-corrected chi connectivity index (χ3v) is 4.54. The first-order valence-corrected chi connectivity index (χ1v) is 8.40. The van der Waals surface area contributed by atoms with E-state index in [0.717, 1.165) is 0 Å². The Morgan fingerprint density at radius 3 is 2.30 bits per heavy atom. The molecule has 0 spiro atoms.